The first-order valence-corrected chi connectivity index (χ1v) is 11.2. The van der Waals surface area contributed by atoms with Crippen molar-refractivity contribution in [3.63, 3.8) is 0 Å². The summed E-state index contributed by atoms with van der Waals surface area (Å²) in [6.45, 7) is 8.10. The van der Waals surface area contributed by atoms with Crippen LogP contribution in [0.1, 0.15) is 34.5 Å². The predicted molar refractivity (Wildman–Crippen MR) is 117 cm³/mol. The molecule has 0 aliphatic rings. The SMILES string of the molecule is CSc1nc(C)c(CCC(=O)Nc2nc(-c3ccc(C)cc3C)cs2)c(C)n1. The number of thiazole rings is 1. The molecule has 5 nitrogen and oxygen atoms in total. The molecule has 2 heterocycles. The minimum Gasteiger partial charge on any atom is -0.302 e. The van der Waals surface area contributed by atoms with Crippen molar-refractivity contribution in [1.82, 2.24) is 15.0 Å². The van der Waals surface area contributed by atoms with E-state index in [1.807, 2.05) is 25.5 Å². The number of hydrogen-bond donors (Lipinski definition) is 1. The minimum absolute atomic E-state index is 0.0470. The summed E-state index contributed by atoms with van der Waals surface area (Å²) in [7, 11) is 0. The number of rotatable bonds is 6. The molecule has 7 heteroatoms. The van der Waals surface area contributed by atoms with Crippen LogP contribution in [0.25, 0.3) is 11.3 Å². The number of aryl methyl sites for hydroxylation is 4. The second kappa shape index (κ2) is 8.84. The maximum absolute atomic E-state index is 12.4. The van der Waals surface area contributed by atoms with Crippen molar-refractivity contribution < 1.29 is 4.79 Å². The Bertz CT molecular complexity index is 990. The molecule has 1 aromatic carbocycles. The van der Waals surface area contributed by atoms with Crippen LogP contribution in [0.3, 0.4) is 0 Å². The lowest BCUT2D eigenvalue weighted by Crippen LogP contribution is -2.13. The molecule has 1 N–H and O–H groups in total. The van der Waals surface area contributed by atoms with E-state index in [0.717, 1.165) is 33.4 Å². The summed E-state index contributed by atoms with van der Waals surface area (Å²) in [5, 5.41) is 6.30. The monoisotopic (exact) mass is 412 g/mol. The zero-order valence-corrected chi connectivity index (χ0v) is 18.4. The molecule has 0 fully saturated rings. The number of amides is 1. The van der Waals surface area contributed by atoms with E-state index in [4.69, 9.17) is 0 Å². The molecule has 0 atom stereocenters. The summed E-state index contributed by atoms with van der Waals surface area (Å²) in [6.07, 6.45) is 2.96. The first-order valence-electron chi connectivity index (χ1n) is 9.08. The molecule has 3 rings (SSSR count). The number of hydrogen-bond acceptors (Lipinski definition) is 6. The largest absolute Gasteiger partial charge is 0.302 e. The van der Waals surface area contributed by atoms with Crippen LogP contribution < -0.4 is 5.32 Å². The fourth-order valence-electron chi connectivity index (χ4n) is 3.14. The van der Waals surface area contributed by atoms with Crippen LogP contribution in [0, 0.1) is 27.7 Å². The number of benzene rings is 1. The molecule has 0 saturated heterocycles. The Balaban J connectivity index is 1.64. The summed E-state index contributed by atoms with van der Waals surface area (Å²) in [5.41, 5.74) is 7.33. The maximum Gasteiger partial charge on any atom is 0.226 e. The van der Waals surface area contributed by atoms with E-state index in [1.54, 1.807) is 0 Å². The van der Waals surface area contributed by atoms with Gasteiger partial charge < -0.3 is 5.32 Å². The average molecular weight is 413 g/mol. The Morgan fingerprint density at radius 2 is 1.82 bits per heavy atom. The van der Waals surface area contributed by atoms with E-state index in [-0.39, 0.29) is 5.91 Å². The zero-order valence-electron chi connectivity index (χ0n) is 16.8. The highest BCUT2D eigenvalue weighted by Gasteiger charge is 2.13. The van der Waals surface area contributed by atoms with Gasteiger partial charge in [0.2, 0.25) is 5.91 Å². The summed E-state index contributed by atoms with van der Waals surface area (Å²) in [4.78, 5) is 25.9. The van der Waals surface area contributed by atoms with Gasteiger partial charge in [-0.1, -0.05) is 35.5 Å². The first-order chi connectivity index (χ1) is 13.4. The van der Waals surface area contributed by atoms with E-state index >= 15 is 0 Å². The van der Waals surface area contributed by atoms with E-state index in [9.17, 15) is 4.79 Å². The molecule has 2 aromatic heterocycles. The lowest BCUT2D eigenvalue weighted by molar-refractivity contribution is -0.116. The first kappa shape index (κ1) is 20.5. The topological polar surface area (TPSA) is 67.8 Å². The third-order valence-electron chi connectivity index (χ3n) is 4.59. The summed E-state index contributed by atoms with van der Waals surface area (Å²) in [6, 6.07) is 6.30. The van der Waals surface area contributed by atoms with Crippen molar-refractivity contribution in [3.05, 3.63) is 51.7 Å². The number of aromatic nitrogens is 3. The molecule has 0 aliphatic carbocycles. The molecule has 146 valence electrons. The normalized spacial score (nSPS) is 10.9. The molecule has 1 amide bonds. The van der Waals surface area contributed by atoms with Crippen LogP contribution in [-0.2, 0) is 11.2 Å². The zero-order chi connectivity index (χ0) is 20.3. The van der Waals surface area contributed by atoms with Gasteiger partial charge in [0.15, 0.2) is 10.3 Å². The number of nitrogens with zero attached hydrogens (tertiary/aromatic N) is 3. The molecule has 0 bridgehead atoms. The van der Waals surface area contributed by atoms with Crippen LogP contribution in [0.5, 0.6) is 0 Å². The molecule has 3 aromatic rings. The van der Waals surface area contributed by atoms with Gasteiger partial charge in [-0.3, -0.25) is 4.79 Å². The third-order valence-corrected chi connectivity index (χ3v) is 5.90. The number of carbonyl (C=O) groups is 1. The Hall–Kier alpha value is -2.25. The third kappa shape index (κ3) is 4.77. The summed E-state index contributed by atoms with van der Waals surface area (Å²) in [5.74, 6) is -0.0470. The van der Waals surface area contributed by atoms with Gasteiger partial charge in [-0.15, -0.1) is 11.3 Å². The number of carbonyl (C=O) groups excluding carboxylic acids is 1. The van der Waals surface area contributed by atoms with Gasteiger partial charge in [-0.05, 0) is 51.5 Å². The molecule has 0 saturated carbocycles. The molecule has 0 unspecified atom stereocenters. The Morgan fingerprint density at radius 1 is 1.11 bits per heavy atom. The highest BCUT2D eigenvalue weighted by atomic mass is 32.2. The molecular weight excluding hydrogens is 388 g/mol. The Labute approximate surface area is 174 Å². The van der Waals surface area contributed by atoms with Gasteiger partial charge in [-0.2, -0.15) is 0 Å². The van der Waals surface area contributed by atoms with Crippen LogP contribution in [0.2, 0.25) is 0 Å². The Kier molecular flexibility index (Phi) is 6.46. The van der Waals surface area contributed by atoms with Crippen molar-refractivity contribution in [2.75, 3.05) is 11.6 Å². The lowest BCUT2D eigenvalue weighted by Gasteiger charge is -2.09. The fourth-order valence-corrected chi connectivity index (χ4v) is 4.32. The standard InChI is InChI=1S/C21H24N4OS2/c1-12-6-7-16(13(2)10-12)18-11-28-21(24-18)25-19(26)9-8-17-14(3)22-20(27-5)23-15(17)4/h6-7,10-11H,8-9H2,1-5H3,(H,24,25,26). The van der Waals surface area contributed by atoms with Gasteiger partial charge in [0.05, 0.1) is 5.69 Å². The lowest BCUT2D eigenvalue weighted by atomic mass is 10.0. The predicted octanol–water partition coefficient (Wildman–Crippen LogP) is 5.13. The van der Waals surface area contributed by atoms with Crippen molar-refractivity contribution in [1.29, 1.82) is 0 Å². The summed E-state index contributed by atoms with van der Waals surface area (Å²) < 4.78 is 0. The van der Waals surface area contributed by atoms with Gasteiger partial charge in [0, 0.05) is 28.8 Å². The van der Waals surface area contributed by atoms with Gasteiger partial charge in [0.25, 0.3) is 0 Å². The van der Waals surface area contributed by atoms with Crippen molar-refractivity contribution in [2.45, 2.75) is 45.7 Å². The van der Waals surface area contributed by atoms with E-state index in [1.165, 1.54) is 34.2 Å². The van der Waals surface area contributed by atoms with Crippen molar-refractivity contribution >= 4 is 34.1 Å². The van der Waals surface area contributed by atoms with Gasteiger partial charge in [-0.25, -0.2) is 15.0 Å². The number of thioether (sulfide) groups is 1. The molecular formula is C21H24N4OS2. The van der Waals surface area contributed by atoms with Gasteiger partial charge >= 0.3 is 0 Å². The molecule has 0 radical (unpaired) electrons. The highest BCUT2D eigenvalue weighted by Crippen LogP contribution is 2.28. The highest BCUT2D eigenvalue weighted by molar-refractivity contribution is 7.98. The fraction of sp³-hybridized carbons (Fsp3) is 0.333. The number of nitrogens with one attached hydrogen (secondary N) is 1. The molecule has 0 spiro atoms. The van der Waals surface area contributed by atoms with Crippen molar-refractivity contribution in [2.24, 2.45) is 0 Å². The van der Waals surface area contributed by atoms with E-state index in [2.05, 4.69) is 52.3 Å². The van der Waals surface area contributed by atoms with Crippen LogP contribution >= 0.6 is 23.1 Å². The van der Waals surface area contributed by atoms with Gasteiger partial charge in [0.1, 0.15) is 0 Å². The van der Waals surface area contributed by atoms with Crippen LogP contribution in [-0.4, -0.2) is 27.1 Å². The molecule has 28 heavy (non-hydrogen) atoms. The number of anilines is 1. The minimum atomic E-state index is -0.0470. The smallest absolute Gasteiger partial charge is 0.226 e. The van der Waals surface area contributed by atoms with Crippen molar-refractivity contribution in [3.8, 4) is 11.3 Å². The molecule has 0 aliphatic heterocycles. The summed E-state index contributed by atoms with van der Waals surface area (Å²) >= 11 is 2.97. The van der Waals surface area contributed by atoms with E-state index < -0.39 is 0 Å². The van der Waals surface area contributed by atoms with Crippen LogP contribution in [0.15, 0.2) is 28.7 Å². The quantitative estimate of drug-likeness (QED) is 0.449. The maximum atomic E-state index is 12.4. The van der Waals surface area contributed by atoms with Crippen LogP contribution in [0.4, 0.5) is 5.13 Å². The Morgan fingerprint density at radius 3 is 2.46 bits per heavy atom. The average Bonchev–Trinajstić information content (AvgIpc) is 3.08. The second-order valence-electron chi connectivity index (χ2n) is 6.76. The second-order valence-corrected chi connectivity index (χ2v) is 8.40. The van der Waals surface area contributed by atoms with E-state index in [0.29, 0.717) is 18.0 Å².